The van der Waals surface area contributed by atoms with E-state index in [2.05, 4.69) is 10.1 Å². The van der Waals surface area contributed by atoms with Gasteiger partial charge in [-0.05, 0) is 29.8 Å². The van der Waals surface area contributed by atoms with Crippen molar-refractivity contribution in [2.75, 3.05) is 0 Å². The lowest BCUT2D eigenvalue weighted by atomic mass is 10.2. The summed E-state index contributed by atoms with van der Waals surface area (Å²) < 4.78 is 6.13. The SMILES string of the molecule is O=c1[nH]c2ccccc2c(=O)n1N=Cc1ccc(OCc2cccc([N+](=O)[O-])c2)c([N+](=O)[O-])c1. The van der Waals surface area contributed by atoms with Gasteiger partial charge in [0.1, 0.15) is 6.61 Å². The first-order chi connectivity index (χ1) is 16.3. The van der Waals surface area contributed by atoms with E-state index in [4.69, 9.17) is 4.74 Å². The first-order valence-corrected chi connectivity index (χ1v) is 9.76. The maximum absolute atomic E-state index is 12.5. The minimum absolute atomic E-state index is 0.0608. The highest BCUT2D eigenvalue weighted by Crippen LogP contribution is 2.28. The molecule has 34 heavy (non-hydrogen) atoms. The molecule has 170 valence electrons. The molecule has 1 N–H and O–H groups in total. The number of ether oxygens (including phenoxy) is 1. The zero-order valence-corrected chi connectivity index (χ0v) is 17.3. The summed E-state index contributed by atoms with van der Waals surface area (Å²) in [6.07, 6.45) is 1.14. The topological polar surface area (TPSA) is 163 Å². The molecule has 0 saturated heterocycles. The number of nitro benzene ring substituents is 2. The normalized spacial score (nSPS) is 11.1. The van der Waals surface area contributed by atoms with Crippen molar-refractivity contribution < 1.29 is 14.6 Å². The summed E-state index contributed by atoms with van der Waals surface area (Å²) in [4.78, 5) is 48.5. The van der Waals surface area contributed by atoms with Gasteiger partial charge in [-0.3, -0.25) is 25.0 Å². The Bertz CT molecular complexity index is 1570. The smallest absolute Gasteiger partial charge is 0.349 e. The Morgan fingerprint density at radius 2 is 1.76 bits per heavy atom. The van der Waals surface area contributed by atoms with Crippen LogP contribution >= 0.6 is 0 Å². The van der Waals surface area contributed by atoms with Crippen LogP contribution in [0.15, 0.2) is 81.4 Å². The number of H-pyrrole nitrogens is 1. The average molecular weight is 461 g/mol. The molecule has 0 spiro atoms. The van der Waals surface area contributed by atoms with Crippen molar-refractivity contribution >= 4 is 28.5 Å². The largest absolute Gasteiger partial charge is 0.482 e. The monoisotopic (exact) mass is 461 g/mol. The van der Waals surface area contributed by atoms with Crippen LogP contribution in [0.25, 0.3) is 10.9 Å². The van der Waals surface area contributed by atoms with Gasteiger partial charge in [-0.2, -0.15) is 5.10 Å². The third-order valence-electron chi connectivity index (χ3n) is 4.80. The van der Waals surface area contributed by atoms with Crippen LogP contribution in [-0.4, -0.2) is 25.7 Å². The highest BCUT2D eigenvalue weighted by Gasteiger charge is 2.17. The third-order valence-corrected chi connectivity index (χ3v) is 4.80. The molecule has 0 bridgehead atoms. The summed E-state index contributed by atoms with van der Waals surface area (Å²) in [5.41, 5.74) is -0.827. The quantitative estimate of drug-likeness (QED) is 0.251. The molecule has 0 aliphatic heterocycles. The van der Waals surface area contributed by atoms with E-state index in [0.29, 0.717) is 15.8 Å². The fourth-order valence-corrected chi connectivity index (χ4v) is 3.18. The number of hydrogen-bond acceptors (Lipinski definition) is 8. The maximum atomic E-state index is 12.5. The lowest BCUT2D eigenvalue weighted by Gasteiger charge is -2.07. The van der Waals surface area contributed by atoms with Crippen molar-refractivity contribution in [1.82, 2.24) is 9.66 Å². The highest BCUT2D eigenvalue weighted by molar-refractivity contribution is 5.82. The summed E-state index contributed by atoms with van der Waals surface area (Å²) in [5.74, 6) is -0.0608. The minimum atomic E-state index is -0.758. The predicted octanol–water partition coefficient (Wildman–Crippen LogP) is 2.97. The zero-order chi connectivity index (χ0) is 24.2. The number of para-hydroxylation sites is 1. The van der Waals surface area contributed by atoms with E-state index in [9.17, 15) is 29.8 Å². The number of non-ortho nitro benzene ring substituents is 1. The fourth-order valence-electron chi connectivity index (χ4n) is 3.18. The van der Waals surface area contributed by atoms with Gasteiger partial charge in [-0.15, -0.1) is 4.68 Å². The lowest BCUT2D eigenvalue weighted by molar-refractivity contribution is -0.386. The van der Waals surface area contributed by atoms with E-state index < -0.39 is 21.1 Å². The van der Waals surface area contributed by atoms with Crippen molar-refractivity contribution in [3.05, 3.63) is 119 Å². The summed E-state index contributed by atoms with van der Waals surface area (Å²) in [6, 6.07) is 16.1. The molecule has 0 saturated carbocycles. The van der Waals surface area contributed by atoms with Gasteiger partial charge in [0.2, 0.25) is 0 Å². The van der Waals surface area contributed by atoms with Crippen LogP contribution in [0.2, 0.25) is 0 Å². The van der Waals surface area contributed by atoms with Gasteiger partial charge in [-0.1, -0.05) is 24.3 Å². The number of fused-ring (bicyclic) bond motifs is 1. The summed E-state index contributed by atoms with van der Waals surface area (Å²) in [5, 5.41) is 26.6. The number of aromatic nitrogens is 2. The van der Waals surface area contributed by atoms with Gasteiger partial charge in [0.25, 0.3) is 11.2 Å². The van der Waals surface area contributed by atoms with Crippen LogP contribution in [0.4, 0.5) is 11.4 Å². The molecule has 4 rings (SSSR count). The first kappa shape index (κ1) is 22.1. The lowest BCUT2D eigenvalue weighted by Crippen LogP contribution is -2.32. The molecule has 0 aliphatic rings. The second kappa shape index (κ2) is 9.16. The Balaban J connectivity index is 1.60. The molecule has 0 aliphatic carbocycles. The summed E-state index contributed by atoms with van der Waals surface area (Å²) in [6.45, 7) is -0.127. The van der Waals surface area contributed by atoms with E-state index >= 15 is 0 Å². The number of rotatable bonds is 7. The van der Waals surface area contributed by atoms with Crippen molar-refractivity contribution in [3.8, 4) is 5.75 Å². The van der Waals surface area contributed by atoms with Gasteiger partial charge in [0.15, 0.2) is 5.75 Å². The Morgan fingerprint density at radius 3 is 2.53 bits per heavy atom. The van der Waals surface area contributed by atoms with Gasteiger partial charge in [0, 0.05) is 23.8 Å². The third kappa shape index (κ3) is 4.55. The van der Waals surface area contributed by atoms with Crippen LogP contribution in [0, 0.1) is 20.2 Å². The Kier molecular flexibility index (Phi) is 5.95. The molecule has 1 aromatic heterocycles. The molecule has 0 fully saturated rings. The van der Waals surface area contributed by atoms with Gasteiger partial charge >= 0.3 is 11.4 Å². The Labute approximate surface area is 189 Å². The standard InChI is InChI=1S/C22H15N5O7/c28-21-17-6-1-2-7-18(17)24-22(29)25(21)23-12-14-8-9-20(19(11-14)27(32)33)34-13-15-4-3-5-16(10-15)26(30)31/h1-12H,13H2,(H,24,29). The molecule has 0 amide bonds. The fraction of sp³-hybridized carbons (Fsp3) is 0.0455. The number of benzene rings is 3. The van der Waals surface area contributed by atoms with Crippen molar-refractivity contribution in [2.45, 2.75) is 6.61 Å². The van der Waals surface area contributed by atoms with Gasteiger partial charge in [-0.25, -0.2) is 4.79 Å². The molecule has 1 heterocycles. The number of nitrogens with zero attached hydrogens (tertiary/aromatic N) is 4. The van der Waals surface area contributed by atoms with E-state index in [1.807, 2.05) is 0 Å². The number of nitro groups is 2. The molecule has 0 unspecified atom stereocenters. The zero-order valence-electron chi connectivity index (χ0n) is 17.3. The van der Waals surface area contributed by atoms with Gasteiger partial charge < -0.3 is 9.72 Å². The first-order valence-electron chi connectivity index (χ1n) is 9.76. The molecule has 0 atom stereocenters. The molecule has 12 heteroatoms. The second-order valence-electron chi connectivity index (χ2n) is 7.04. The number of hydrogen-bond donors (Lipinski definition) is 1. The van der Waals surface area contributed by atoms with E-state index in [1.165, 1.54) is 42.5 Å². The van der Waals surface area contributed by atoms with Crippen LogP contribution < -0.4 is 16.0 Å². The number of aromatic amines is 1. The van der Waals surface area contributed by atoms with Crippen LogP contribution in [0.5, 0.6) is 5.75 Å². The minimum Gasteiger partial charge on any atom is -0.482 e. The predicted molar refractivity (Wildman–Crippen MR) is 122 cm³/mol. The van der Waals surface area contributed by atoms with E-state index in [0.717, 1.165) is 6.21 Å². The molecular weight excluding hydrogens is 446 g/mol. The second-order valence-corrected chi connectivity index (χ2v) is 7.04. The van der Waals surface area contributed by atoms with Crippen LogP contribution in [0.3, 0.4) is 0 Å². The van der Waals surface area contributed by atoms with Crippen LogP contribution in [-0.2, 0) is 6.61 Å². The van der Waals surface area contributed by atoms with E-state index in [1.54, 1.807) is 24.3 Å². The molecule has 3 aromatic carbocycles. The maximum Gasteiger partial charge on any atom is 0.349 e. The molecule has 4 aromatic rings. The van der Waals surface area contributed by atoms with Crippen molar-refractivity contribution in [3.63, 3.8) is 0 Å². The summed E-state index contributed by atoms with van der Waals surface area (Å²) >= 11 is 0. The highest BCUT2D eigenvalue weighted by atomic mass is 16.6. The van der Waals surface area contributed by atoms with Crippen molar-refractivity contribution in [1.29, 1.82) is 0 Å². The summed E-state index contributed by atoms with van der Waals surface area (Å²) in [7, 11) is 0. The number of nitrogens with one attached hydrogen (secondary N) is 1. The Hall–Kier alpha value is -5.13. The average Bonchev–Trinajstić information content (AvgIpc) is 2.83. The van der Waals surface area contributed by atoms with Gasteiger partial charge in [0.05, 0.1) is 27.0 Å². The molecule has 12 nitrogen and oxygen atoms in total. The van der Waals surface area contributed by atoms with Crippen molar-refractivity contribution in [2.24, 2.45) is 5.10 Å². The molecular formula is C22H15N5O7. The molecule has 0 radical (unpaired) electrons. The van der Waals surface area contributed by atoms with Crippen LogP contribution in [0.1, 0.15) is 11.1 Å². The Morgan fingerprint density at radius 1 is 0.971 bits per heavy atom. The van der Waals surface area contributed by atoms with E-state index in [-0.39, 0.29) is 34.7 Å².